The van der Waals surface area contributed by atoms with Crippen molar-refractivity contribution < 1.29 is 4.79 Å². The molecular formula is C18H17NO. The monoisotopic (exact) mass is 263 g/mol. The molecule has 0 spiro atoms. The highest BCUT2D eigenvalue weighted by molar-refractivity contribution is 6.10. The summed E-state index contributed by atoms with van der Waals surface area (Å²) in [5, 5.41) is 1.01. The van der Waals surface area contributed by atoms with Crippen LogP contribution in [0, 0.1) is 0 Å². The molecule has 0 aliphatic carbocycles. The van der Waals surface area contributed by atoms with Crippen molar-refractivity contribution in [1.29, 1.82) is 0 Å². The molecule has 2 aromatic carbocycles. The van der Waals surface area contributed by atoms with Crippen LogP contribution in [0.25, 0.3) is 10.9 Å². The van der Waals surface area contributed by atoms with Crippen LogP contribution in [-0.4, -0.2) is 10.8 Å². The molecule has 3 rings (SSSR count). The molecule has 0 aliphatic heterocycles. The summed E-state index contributed by atoms with van der Waals surface area (Å²) in [5.74, 6) is 0.117. The molecule has 2 heteroatoms. The van der Waals surface area contributed by atoms with Gasteiger partial charge >= 0.3 is 0 Å². The number of hydrogen-bond donors (Lipinski definition) is 1. The molecule has 20 heavy (non-hydrogen) atoms. The Bertz CT molecular complexity index is 727. The smallest absolute Gasteiger partial charge is 0.172 e. The number of fused-ring (bicyclic) bond motifs is 1. The van der Waals surface area contributed by atoms with Crippen molar-refractivity contribution in [3.63, 3.8) is 0 Å². The lowest BCUT2D eigenvalue weighted by Gasteiger charge is -2.13. The lowest BCUT2D eigenvalue weighted by molar-refractivity contribution is 0.0959. The summed E-state index contributed by atoms with van der Waals surface area (Å²) >= 11 is 0. The van der Waals surface area contributed by atoms with Crippen LogP contribution in [0.3, 0.4) is 0 Å². The van der Waals surface area contributed by atoms with Gasteiger partial charge in [-0.2, -0.15) is 0 Å². The third-order valence-corrected chi connectivity index (χ3v) is 3.78. The number of rotatable bonds is 4. The van der Waals surface area contributed by atoms with Crippen molar-refractivity contribution in [2.45, 2.75) is 19.3 Å². The first-order valence-electron chi connectivity index (χ1n) is 6.96. The fourth-order valence-electron chi connectivity index (χ4n) is 2.72. The highest BCUT2D eigenvalue weighted by Crippen LogP contribution is 2.27. The topological polar surface area (TPSA) is 32.9 Å². The Kier molecular flexibility index (Phi) is 3.38. The van der Waals surface area contributed by atoms with Gasteiger partial charge in [-0.15, -0.1) is 0 Å². The van der Waals surface area contributed by atoms with Crippen LogP contribution in [0.15, 0.2) is 60.8 Å². The molecule has 0 bridgehead atoms. The Balaban J connectivity index is 2.03. The number of ketones is 1. The number of H-pyrrole nitrogens is 1. The first kappa shape index (κ1) is 12.7. The molecule has 2 nitrogen and oxygen atoms in total. The fourth-order valence-corrected chi connectivity index (χ4v) is 2.72. The molecule has 1 atom stereocenters. The minimum absolute atomic E-state index is 0.0737. The third kappa shape index (κ3) is 2.14. The number of carbonyl (C=O) groups excluding carboxylic acids is 1. The largest absolute Gasteiger partial charge is 0.360 e. The van der Waals surface area contributed by atoms with Crippen LogP contribution in [0.2, 0.25) is 0 Å². The molecule has 1 heterocycles. The van der Waals surface area contributed by atoms with E-state index in [0.717, 1.165) is 28.5 Å². The summed E-state index contributed by atoms with van der Waals surface area (Å²) in [6, 6.07) is 17.9. The number of benzene rings is 2. The Labute approximate surface area is 118 Å². The molecule has 1 N–H and O–H groups in total. The molecule has 0 amide bonds. The normalized spacial score (nSPS) is 12.4. The second-order valence-electron chi connectivity index (χ2n) is 4.98. The summed E-state index contributed by atoms with van der Waals surface area (Å²) < 4.78 is 0. The van der Waals surface area contributed by atoms with Crippen molar-refractivity contribution >= 4 is 16.7 Å². The molecule has 1 aromatic heterocycles. The molecular weight excluding hydrogens is 246 g/mol. The predicted molar refractivity (Wildman–Crippen MR) is 82.1 cm³/mol. The standard InChI is InChI=1S/C18H17NO/c1-2-14(13-8-4-3-5-9-13)18(20)16-12-19-17-11-7-6-10-15(16)17/h3-12,14,19H,2H2,1H3. The maximum Gasteiger partial charge on any atom is 0.172 e. The van der Waals surface area contributed by atoms with Crippen molar-refractivity contribution in [1.82, 2.24) is 4.98 Å². The zero-order valence-electron chi connectivity index (χ0n) is 11.5. The van der Waals surface area contributed by atoms with Gasteiger partial charge in [0.2, 0.25) is 0 Å². The first-order valence-corrected chi connectivity index (χ1v) is 6.96. The number of Topliss-reactive ketones (excluding diaryl/α,β-unsaturated/α-hetero) is 1. The Morgan fingerprint density at radius 3 is 2.50 bits per heavy atom. The van der Waals surface area contributed by atoms with Gasteiger partial charge in [-0.05, 0) is 18.1 Å². The van der Waals surface area contributed by atoms with Crippen molar-refractivity contribution in [2.75, 3.05) is 0 Å². The van der Waals surface area contributed by atoms with E-state index in [1.165, 1.54) is 0 Å². The van der Waals surface area contributed by atoms with Gasteiger partial charge in [0.15, 0.2) is 5.78 Å². The van der Waals surface area contributed by atoms with Gasteiger partial charge in [-0.3, -0.25) is 4.79 Å². The quantitative estimate of drug-likeness (QED) is 0.688. The fraction of sp³-hybridized carbons (Fsp3) is 0.167. The van der Waals surface area contributed by atoms with Crippen LogP contribution in [0.4, 0.5) is 0 Å². The maximum atomic E-state index is 12.8. The zero-order valence-corrected chi connectivity index (χ0v) is 11.5. The Morgan fingerprint density at radius 2 is 1.75 bits per heavy atom. The van der Waals surface area contributed by atoms with Gasteiger partial charge in [0.1, 0.15) is 0 Å². The lowest BCUT2D eigenvalue weighted by atomic mass is 9.88. The van der Waals surface area contributed by atoms with Crippen LogP contribution in [0.5, 0.6) is 0 Å². The molecule has 0 radical (unpaired) electrons. The van der Waals surface area contributed by atoms with Crippen LogP contribution < -0.4 is 0 Å². The molecule has 100 valence electrons. The number of aromatic nitrogens is 1. The van der Waals surface area contributed by atoms with Crippen molar-refractivity contribution in [3.05, 3.63) is 71.9 Å². The summed E-state index contributed by atoms with van der Waals surface area (Å²) in [4.78, 5) is 16.0. The SMILES string of the molecule is CCC(C(=O)c1c[nH]c2ccccc12)c1ccccc1. The molecule has 0 saturated carbocycles. The minimum Gasteiger partial charge on any atom is -0.360 e. The highest BCUT2D eigenvalue weighted by Gasteiger charge is 2.22. The Morgan fingerprint density at radius 1 is 1.05 bits per heavy atom. The van der Waals surface area contributed by atoms with Crippen LogP contribution in [-0.2, 0) is 0 Å². The molecule has 3 aromatic rings. The van der Waals surface area contributed by atoms with Gasteiger partial charge < -0.3 is 4.98 Å². The van der Waals surface area contributed by atoms with Gasteiger partial charge in [0, 0.05) is 28.6 Å². The molecule has 0 aliphatic rings. The maximum absolute atomic E-state index is 12.8. The summed E-state index contributed by atoms with van der Waals surface area (Å²) in [6.07, 6.45) is 2.64. The second kappa shape index (κ2) is 5.33. The average Bonchev–Trinajstić information content (AvgIpc) is 2.93. The van der Waals surface area contributed by atoms with Crippen LogP contribution >= 0.6 is 0 Å². The van der Waals surface area contributed by atoms with E-state index < -0.39 is 0 Å². The number of nitrogens with one attached hydrogen (secondary N) is 1. The van der Waals surface area contributed by atoms with Crippen molar-refractivity contribution in [2.24, 2.45) is 0 Å². The van der Waals surface area contributed by atoms with E-state index in [9.17, 15) is 4.79 Å². The second-order valence-corrected chi connectivity index (χ2v) is 4.98. The number of hydrogen-bond acceptors (Lipinski definition) is 1. The van der Waals surface area contributed by atoms with Crippen LogP contribution in [0.1, 0.15) is 35.2 Å². The van der Waals surface area contributed by atoms with E-state index in [2.05, 4.69) is 11.9 Å². The average molecular weight is 263 g/mol. The Hall–Kier alpha value is -2.35. The summed E-state index contributed by atoms with van der Waals surface area (Å²) in [6.45, 7) is 2.06. The summed E-state index contributed by atoms with van der Waals surface area (Å²) in [5.41, 5.74) is 2.89. The third-order valence-electron chi connectivity index (χ3n) is 3.78. The summed E-state index contributed by atoms with van der Waals surface area (Å²) in [7, 11) is 0. The number of aromatic amines is 1. The van der Waals surface area contributed by atoms with E-state index in [-0.39, 0.29) is 11.7 Å². The number of para-hydroxylation sites is 1. The van der Waals surface area contributed by atoms with E-state index >= 15 is 0 Å². The van der Waals surface area contributed by atoms with Crippen molar-refractivity contribution in [3.8, 4) is 0 Å². The van der Waals surface area contributed by atoms with Gasteiger partial charge in [-0.25, -0.2) is 0 Å². The molecule has 1 unspecified atom stereocenters. The molecule has 0 saturated heterocycles. The highest BCUT2D eigenvalue weighted by atomic mass is 16.1. The minimum atomic E-state index is -0.0737. The van der Waals surface area contributed by atoms with Gasteiger partial charge in [-0.1, -0.05) is 55.5 Å². The van der Waals surface area contributed by atoms with E-state index in [1.807, 2.05) is 60.8 Å². The predicted octanol–water partition coefficient (Wildman–Crippen LogP) is 4.54. The van der Waals surface area contributed by atoms with Gasteiger partial charge in [0.05, 0.1) is 0 Å². The van der Waals surface area contributed by atoms with E-state index in [4.69, 9.17) is 0 Å². The van der Waals surface area contributed by atoms with E-state index in [0.29, 0.717) is 0 Å². The first-order chi connectivity index (χ1) is 9.81. The zero-order chi connectivity index (χ0) is 13.9. The lowest BCUT2D eigenvalue weighted by Crippen LogP contribution is -2.11. The van der Waals surface area contributed by atoms with Gasteiger partial charge in [0.25, 0.3) is 0 Å². The number of carbonyl (C=O) groups is 1. The molecule has 0 fully saturated rings. The van der Waals surface area contributed by atoms with E-state index in [1.54, 1.807) is 0 Å².